The van der Waals surface area contributed by atoms with E-state index in [-0.39, 0.29) is 24.2 Å². The third-order valence-corrected chi connectivity index (χ3v) is 4.68. The SMILES string of the molecule is CC(C)C1(C(=O)N2CCNC(=O)C2CC(=O)O)CCNC1. The van der Waals surface area contributed by atoms with Crippen LogP contribution in [0.4, 0.5) is 0 Å². The van der Waals surface area contributed by atoms with Crippen LogP contribution in [0, 0.1) is 11.3 Å². The number of carboxylic acids is 1. The van der Waals surface area contributed by atoms with Crippen LogP contribution in [0.3, 0.4) is 0 Å². The number of piperazine rings is 1. The fraction of sp³-hybridized carbons (Fsp3) is 0.786. The van der Waals surface area contributed by atoms with Gasteiger partial charge in [-0.05, 0) is 18.9 Å². The molecule has 2 atom stereocenters. The van der Waals surface area contributed by atoms with Gasteiger partial charge in [0.1, 0.15) is 6.04 Å². The number of carboxylic acid groups (broad SMARTS) is 1. The van der Waals surface area contributed by atoms with Crippen molar-refractivity contribution in [1.82, 2.24) is 15.5 Å². The minimum Gasteiger partial charge on any atom is -0.481 e. The first-order valence-corrected chi connectivity index (χ1v) is 7.40. The Morgan fingerprint density at radius 3 is 2.67 bits per heavy atom. The molecule has 2 rings (SSSR count). The molecule has 0 aromatic rings. The summed E-state index contributed by atoms with van der Waals surface area (Å²) in [6.07, 6.45) is 0.376. The van der Waals surface area contributed by atoms with Crippen LogP contribution < -0.4 is 10.6 Å². The van der Waals surface area contributed by atoms with E-state index in [1.807, 2.05) is 13.8 Å². The molecule has 21 heavy (non-hydrogen) atoms. The Balaban J connectivity index is 2.25. The summed E-state index contributed by atoms with van der Waals surface area (Å²) in [6, 6.07) is -0.903. The van der Waals surface area contributed by atoms with Gasteiger partial charge in [-0.25, -0.2) is 0 Å². The molecule has 0 aromatic heterocycles. The van der Waals surface area contributed by atoms with Crippen molar-refractivity contribution < 1.29 is 19.5 Å². The van der Waals surface area contributed by atoms with Crippen molar-refractivity contribution in [3.8, 4) is 0 Å². The molecule has 2 unspecified atom stereocenters. The van der Waals surface area contributed by atoms with Crippen molar-refractivity contribution in [2.45, 2.75) is 32.7 Å². The molecule has 0 aliphatic carbocycles. The number of amides is 2. The molecule has 0 saturated carbocycles. The molecular formula is C14H23N3O4. The Morgan fingerprint density at radius 2 is 2.14 bits per heavy atom. The predicted molar refractivity (Wildman–Crippen MR) is 75.5 cm³/mol. The van der Waals surface area contributed by atoms with Gasteiger partial charge in [-0.2, -0.15) is 0 Å². The number of carbonyl (C=O) groups is 3. The normalized spacial score (nSPS) is 29.6. The summed E-state index contributed by atoms with van der Waals surface area (Å²) in [7, 11) is 0. The Labute approximate surface area is 124 Å². The Morgan fingerprint density at radius 1 is 1.43 bits per heavy atom. The van der Waals surface area contributed by atoms with Crippen molar-refractivity contribution in [3.05, 3.63) is 0 Å². The molecule has 3 N–H and O–H groups in total. The smallest absolute Gasteiger partial charge is 0.305 e. The molecule has 2 aliphatic rings. The summed E-state index contributed by atoms with van der Waals surface area (Å²) < 4.78 is 0. The maximum atomic E-state index is 13.0. The number of aliphatic carboxylic acids is 1. The second-order valence-electron chi connectivity index (χ2n) is 6.14. The van der Waals surface area contributed by atoms with Crippen LogP contribution >= 0.6 is 0 Å². The summed E-state index contributed by atoms with van der Waals surface area (Å²) in [5.74, 6) is -1.40. The maximum Gasteiger partial charge on any atom is 0.305 e. The topological polar surface area (TPSA) is 98.7 Å². The third kappa shape index (κ3) is 2.88. The first-order chi connectivity index (χ1) is 9.88. The van der Waals surface area contributed by atoms with Crippen molar-refractivity contribution in [2.75, 3.05) is 26.2 Å². The third-order valence-electron chi connectivity index (χ3n) is 4.68. The van der Waals surface area contributed by atoms with Gasteiger partial charge in [0, 0.05) is 19.6 Å². The lowest BCUT2D eigenvalue weighted by Gasteiger charge is -2.41. The number of hydrogen-bond donors (Lipinski definition) is 3. The average Bonchev–Trinajstić information content (AvgIpc) is 2.90. The van der Waals surface area contributed by atoms with E-state index < -0.39 is 17.4 Å². The number of rotatable bonds is 4. The van der Waals surface area contributed by atoms with Gasteiger partial charge in [0.05, 0.1) is 11.8 Å². The number of hydrogen-bond acceptors (Lipinski definition) is 4. The lowest BCUT2D eigenvalue weighted by atomic mass is 9.74. The van der Waals surface area contributed by atoms with E-state index in [1.165, 1.54) is 4.90 Å². The van der Waals surface area contributed by atoms with Crippen LogP contribution in [-0.4, -0.2) is 60.0 Å². The second kappa shape index (κ2) is 6.01. The Hall–Kier alpha value is -1.63. The minimum atomic E-state index is -1.07. The molecule has 7 nitrogen and oxygen atoms in total. The highest BCUT2D eigenvalue weighted by molar-refractivity contribution is 5.93. The quantitative estimate of drug-likeness (QED) is 0.645. The largest absolute Gasteiger partial charge is 0.481 e. The maximum absolute atomic E-state index is 13.0. The van der Waals surface area contributed by atoms with Gasteiger partial charge in [-0.15, -0.1) is 0 Å². The van der Waals surface area contributed by atoms with Crippen LogP contribution in [0.25, 0.3) is 0 Å². The van der Waals surface area contributed by atoms with Gasteiger partial charge < -0.3 is 20.6 Å². The van der Waals surface area contributed by atoms with Crippen molar-refractivity contribution in [2.24, 2.45) is 11.3 Å². The number of nitrogens with zero attached hydrogens (tertiary/aromatic N) is 1. The van der Waals surface area contributed by atoms with Crippen LogP contribution in [0.15, 0.2) is 0 Å². The highest BCUT2D eigenvalue weighted by atomic mass is 16.4. The van der Waals surface area contributed by atoms with E-state index in [0.717, 1.165) is 13.0 Å². The fourth-order valence-corrected chi connectivity index (χ4v) is 3.25. The van der Waals surface area contributed by atoms with Gasteiger partial charge in [-0.3, -0.25) is 14.4 Å². The highest BCUT2D eigenvalue weighted by Gasteiger charge is 2.49. The van der Waals surface area contributed by atoms with Crippen LogP contribution in [0.1, 0.15) is 26.7 Å². The number of carbonyl (C=O) groups excluding carboxylic acids is 2. The zero-order valence-electron chi connectivity index (χ0n) is 12.5. The molecule has 2 fully saturated rings. The summed E-state index contributed by atoms with van der Waals surface area (Å²) in [4.78, 5) is 37.4. The van der Waals surface area contributed by atoms with Crippen LogP contribution in [0.5, 0.6) is 0 Å². The summed E-state index contributed by atoms with van der Waals surface area (Å²) in [5, 5.41) is 14.9. The lowest BCUT2D eigenvalue weighted by Crippen LogP contribution is -2.61. The Kier molecular flexibility index (Phi) is 4.51. The van der Waals surface area contributed by atoms with E-state index in [1.54, 1.807) is 0 Å². The molecule has 7 heteroatoms. The molecule has 0 radical (unpaired) electrons. The molecule has 118 valence electrons. The predicted octanol–water partition coefficient (Wildman–Crippen LogP) is -0.576. The van der Waals surface area contributed by atoms with Crippen molar-refractivity contribution in [3.63, 3.8) is 0 Å². The second-order valence-corrected chi connectivity index (χ2v) is 6.14. The lowest BCUT2D eigenvalue weighted by molar-refractivity contribution is -0.155. The van der Waals surface area contributed by atoms with Crippen molar-refractivity contribution in [1.29, 1.82) is 0 Å². The number of nitrogens with one attached hydrogen (secondary N) is 2. The van der Waals surface area contributed by atoms with E-state index >= 15 is 0 Å². The van der Waals surface area contributed by atoms with Gasteiger partial charge in [-0.1, -0.05) is 13.8 Å². The van der Waals surface area contributed by atoms with Crippen molar-refractivity contribution >= 4 is 17.8 Å². The van der Waals surface area contributed by atoms with Gasteiger partial charge in [0.2, 0.25) is 11.8 Å². The molecule has 2 aliphatic heterocycles. The molecule has 0 aromatic carbocycles. The summed E-state index contributed by atoms with van der Waals surface area (Å²) in [5.41, 5.74) is -0.533. The monoisotopic (exact) mass is 297 g/mol. The van der Waals surface area contributed by atoms with E-state index in [9.17, 15) is 14.4 Å². The van der Waals surface area contributed by atoms with Crippen LogP contribution in [0.2, 0.25) is 0 Å². The molecular weight excluding hydrogens is 274 g/mol. The first-order valence-electron chi connectivity index (χ1n) is 7.40. The Bertz CT molecular complexity index is 444. The van der Waals surface area contributed by atoms with Gasteiger partial charge >= 0.3 is 5.97 Å². The van der Waals surface area contributed by atoms with E-state index in [0.29, 0.717) is 19.6 Å². The molecule has 0 bridgehead atoms. The molecule has 2 saturated heterocycles. The minimum absolute atomic E-state index is 0.0939. The van der Waals surface area contributed by atoms with E-state index in [4.69, 9.17) is 5.11 Å². The zero-order chi connectivity index (χ0) is 15.6. The highest BCUT2D eigenvalue weighted by Crippen LogP contribution is 2.37. The standard InChI is InChI=1S/C14H23N3O4/c1-9(2)14(3-4-15-8-14)13(21)17-6-5-16-12(20)10(17)7-11(18)19/h9-10,15H,3-8H2,1-2H3,(H,16,20)(H,18,19). The van der Waals surface area contributed by atoms with Gasteiger partial charge in [0.15, 0.2) is 0 Å². The van der Waals surface area contributed by atoms with E-state index in [2.05, 4.69) is 10.6 Å². The fourth-order valence-electron chi connectivity index (χ4n) is 3.25. The average molecular weight is 297 g/mol. The zero-order valence-corrected chi connectivity index (χ0v) is 12.5. The summed E-state index contributed by atoms with van der Waals surface area (Å²) >= 11 is 0. The molecule has 0 spiro atoms. The van der Waals surface area contributed by atoms with Crippen LogP contribution in [-0.2, 0) is 14.4 Å². The summed E-state index contributed by atoms with van der Waals surface area (Å²) in [6.45, 7) is 6.11. The van der Waals surface area contributed by atoms with Gasteiger partial charge in [0.25, 0.3) is 0 Å². The first kappa shape index (κ1) is 15.8. The molecule has 2 heterocycles. The molecule has 2 amide bonds.